The van der Waals surface area contributed by atoms with Gasteiger partial charge in [-0.1, -0.05) is 67.9 Å². The Kier molecular flexibility index (Phi) is 4.72. The summed E-state index contributed by atoms with van der Waals surface area (Å²) in [6, 6.07) is 17.1. The Morgan fingerprint density at radius 3 is 2.37 bits per heavy atom. The van der Waals surface area contributed by atoms with E-state index in [4.69, 9.17) is 11.6 Å². The van der Waals surface area contributed by atoms with Crippen molar-refractivity contribution in [2.75, 3.05) is 20.6 Å². The van der Waals surface area contributed by atoms with E-state index in [1.54, 1.807) is 5.57 Å². The summed E-state index contributed by atoms with van der Waals surface area (Å²) in [6.07, 6.45) is 5.24. The van der Waals surface area contributed by atoms with Gasteiger partial charge in [0.25, 0.3) is 0 Å². The number of quaternary nitrogens is 1. The van der Waals surface area contributed by atoms with E-state index >= 15 is 0 Å². The number of nitrogens with zero attached hydrogens (tertiary/aromatic N) is 1. The molecule has 0 saturated heterocycles. The zero-order valence-corrected chi connectivity index (χ0v) is 17.8. The number of hydrogen-bond acceptors (Lipinski definition) is 0. The number of rotatable bonds is 5. The van der Waals surface area contributed by atoms with Crippen LogP contribution in [-0.2, 0) is 6.54 Å². The van der Waals surface area contributed by atoms with Crippen molar-refractivity contribution < 1.29 is 4.48 Å². The van der Waals surface area contributed by atoms with Gasteiger partial charge in [0, 0.05) is 10.6 Å². The van der Waals surface area contributed by atoms with Crippen LogP contribution in [-0.4, -0.2) is 25.1 Å². The molecule has 2 atom stereocenters. The van der Waals surface area contributed by atoms with Gasteiger partial charge >= 0.3 is 0 Å². The predicted molar refractivity (Wildman–Crippen MR) is 116 cm³/mol. The first-order valence-electron chi connectivity index (χ1n) is 10.1. The highest BCUT2D eigenvalue weighted by Crippen LogP contribution is 2.59. The summed E-state index contributed by atoms with van der Waals surface area (Å²) in [5.74, 6) is 1.72. The van der Waals surface area contributed by atoms with E-state index in [1.165, 1.54) is 29.5 Å². The van der Waals surface area contributed by atoms with E-state index in [-0.39, 0.29) is 0 Å². The van der Waals surface area contributed by atoms with Gasteiger partial charge in [0.1, 0.15) is 13.1 Å². The Balaban J connectivity index is 1.44. The zero-order valence-electron chi connectivity index (χ0n) is 17.0. The molecule has 1 nitrogen and oxygen atoms in total. The summed E-state index contributed by atoms with van der Waals surface area (Å²) in [5.41, 5.74) is 6.01. The molecule has 0 spiro atoms. The molecule has 0 aliphatic heterocycles. The molecule has 1 fully saturated rings. The second kappa shape index (κ2) is 6.79. The molecule has 0 N–H and O–H groups in total. The maximum absolute atomic E-state index is 6.13. The molecule has 0 amide bonds. The highest BCUT2D eigenvalue weighted by molar-refractivity contribution is 6.30. The van der Waals surface area contributed by atoms with E-state index in [0.29, 0.717) is 5.41 Å². The Labute approximate surface area is 169 Å². The Morgan fingerprint density at radius 1 is 1.00 bits per heavy atom. The maximum Gasteiger partial charge on any atom is 0.104 e. The largest absolute Gasteiger partial charge is 0.321 e. The van der Waals surface area contributed by atoms with Gasteiger partial charge in [0.05, 0.1) is 14.1 Å². The highest BCUT2D eigenvalue weighted by Gasteiger charge is 2.52. The van der Waals surface area contributed by atoms with Crippen LogP contribution in [0.3, 0.4) is 0 Å². The summed E-state index contributed by atoms with van der Waals surface area (Å²) in [7, 11) is 4.73. The second-order valence-electron chi connectivity index (χ2n) is 9.78. The lowest BCUT2D eigenvalue weighted by atomic mass is 9.49. The molecular formula is C25H31ClN+. The van der Waals surface area contributed by atoms with Crippen LogP contribution in [0.2, 0.25) is 5.02 Å². The Morgan fingerprint density at radius 2 is 1.74 bits per heavy atom. The molecule has 0 radical (unpaired) electrons. The molecular weight excluding hydrogens is 350 g/mol. The fourth-order valence-electron chi connectivity index (χ4n) is 5.17. The lowest BCUT2D eigenvalue weighted by Gasteiger charge is -2.57. The molecule has 2 bridgehead atoms. The first-order chi connectivity index (χ1) is 12.7. The molecule has 5 rings (SSSR count). The molecule has 0 heterocycles. The van der Waals surface area contributed by atoms with Gasteiger partial charge < -0.3 is 4.48 Å². The third-order valence-electron chi connectivity index (χ3n) is 6.92. The van der Waals surface area contributed by atoms with Crippen LogP contribution in [0.5, 0.6) is 0 Å². The van der Waals surface area contributed by atoms with Crippen LogP contribution in [0.1, 0.15) is 32.3 Å². The number of allylic oxidation sites excluding steroid dienone is 1. The number of likely N-dealkylation sites (N-methyl/N-ethyl adjacent to an activating group) is 1. The third-order valence-corrected chi connectivity index (χ3v) is 7.15. The van der Waals surface area contributed by atoms with Gasteiger partial charge in [0.2, 0.25) is 0 Å². The molecule has 2 aromatic rings. The smallest absolute Gasteiger partial charge is 0.104 e. The predicted octanol–water partition coefficient (Wildman–Crippen LogP) is 6.58. The number of halogens is 1. The van der Waals surface area contributed by atoms with Crippen LogP contribution >= 0.6 is 11.6 Å². The molecule has 2 heteroatoms. The van der Waals surface area contributed by atoms with Crippen molar-refractivity contribution >= 4 is 11.6 Å². The van der Waals surface area contributed by atoms with Crippen LogP contribution in [0.4, 0.5) is 0 Å². The normalized spacial score (nSPS) is 23.5. The van der Waals surface area contributed by atoms with Crippen molar-refractivity contribution in [2.24, 2.45) is 17.3 Å². The van der Waals surface area contributed by atoms with Crippen LogP contribution in [0.15, 0.2) is 60.2 Å². The van der Waals surface area contributed by atoms with Crippen LogP contribution in [0, 0.1) is 17.3 Å². The van der Waals surface area contributed by atoms with E-state index < -0.39 is 0 Å². The molecule has 0 aromatic heterocycles. The Hall–Kier alpha value is -1.57. The Bertz CT molecular complexity index is 860. The maximum atomic E-state index is 6.13. The van der Waals surface area contributed by atoms with Gasteiger partial charge in [-0.05, 0) is 58.9 Å². The minimum atomic E-state index is 0.517. The number of fused-ring (bicyclic) bond motifs is 1. The average molecular weight is 381 g/mol. The average Bonchev–Trinajstić information content (AvgIpc) is 2.61. The lowest BCUT2D eigenvalue weighted by molar-refractivity contribution is -0.899. The minimum Gasteiger partial charge on any atom is -0.321 e. The van der Waals surface area contributed by atoms with E-state index in [2.05, 4.69) is 64.4 Å². The summed E-state index contributed by atoms with van der Waals surface area (Å²) >= 11 is 6.13. The van der Waals surface area contributed by atoms with Crippen molar-refractivity contribution in [3.63, 3.8) is 0 Å². The van der Waals surface area contributed by atoms with Gasteiger partial charge in [0.15, 0.2) is 0 Å². The van der Waals surface area contributed by atoms with Gasteiger partial charge in [-0.3, -0.25) is 0 Å². The van der Waals surface area contributed by atoms with Crippen molar-refractivity contribution in [1.82, 2.24) is 0 Å². The molecule has 2 aromatic carbocycles. The summed E-state index contributed by atoms with van der Waals surface area (Å²) in [6.45, 7) is 7.15. The summed E-state index contributed by atoms with van der Waals surface area (Å²) in [5, 5.41) is 0.788. The van der Waals surface area contributed by atoms with E-state index in [9.17, 15) is 0 Å². The highest BCUT2D eigenvalue weighted by atomic mass is 35.5. The van der Waals surface area contributed by atoms with Crippen LogP contribution < -0.4 is 0 Å². The van der Waals surface area contributed by atoms with Gasteiger partial charge in [-0.15, -0.1) is 0 Å². The minimum absolute atomic E-state index is 0.517. The van der Waals surface area contributed by atoms with Crippen LogP contribution in [0.25, 0.3) is 11.1 Å². The number of hydrogen-bond donors (Lipinski definition) is 0. The molecule has 2 unspecified atom stereocenters. The third kappa shape index (κ3) is 3.73. The number of benzene rings is 2. The second-order valence-corrected chi connectivity index (χ2v) is 10.2. The van der Waals surface area contributed by atoms with Crippen molar-refractivity contribution in [3.05, 3.63) is 70.8 Å². The van der Waals surface area contributed by atoms with Crippen molar-refractivity contribution in [2.45, 2.75) is 33.2 Å². The van der Waals surface area contributed by atoms with Gasteiger partial charge in [-0.25, -0.2) is 0 Å². The SMILES string of the molecule is CC1(C)C2CC=C(C[N+](C)(C)Cc3ccc(-c4cccc(Cl)c4)cc3)C1C2. The molecule has 3 aliphatic rings. The first-order valence-corrected chi connectivity index (χ1v) is 10.5. The molecule has 3 aliphatic carbocycles. The monoisotopic (exact) mass is 380 g/mol. The summed E-state index contributed by atoms with van der Waals surface area (Å²) < 4.78 is 1.01. The summed E-state index contributed by atoms with van der Waals surface area (Å²) in [4.78, 5) is 0. The fourth-order valence-corrected chi connectivity index (χ4v) is 5.36. The van der Waals surface area contributed by atoms with Crippen molar-refractivity contribution in [1.29, 1.82) is 0 Å². The molecule has 142 valence electrons. The van der Waals surface area contributed by atoms with E-state index in [1.807, 2.05) is 18.2 Å². The molecule has 1 saturated carbocycles. The van der Waals surface area contributed by atoms with E-state index in [0.717, 1.165) is 34.4 Å². The lowest BCUT2D eigenvalue weighted by Crippen LogP contribution is -2.52. The zero-order chi connectivity index (χ0) is 19.2. The molecule has 27 heavy (non-hydrogen) atoms. The standard InChI is InChI=1S/C25H31ClN/c1-25(2)22-13-12-21(24(25)15-22)17-27(3,4)16-18-8-10-19(11-9-18)20-6-5-7-23(26)14-20/h5-12,14,22,24H,13,15-17H2,1-4H3/q+1. The topological polar surface area (TPSA) is 0 Å². The quantitative estimate of drug-likeness (QED) is 0.406. The van der Waals surface area contributed by atoms with Crippen molar-refractivity contribution in [3.8, 4) is 11.1 Å². The first kappa shape index (κ1) is 18.8. The fraction of sp³-hybridized carbons (Fsp3) is 0.440. The van der Waals surface area contributed by atoms with Gasteiger partial charge in [-0.2, -0.15) is 0 Å².